The molecule has 0 aliphatic carbocycles. The number of nitrogens with one attached hydrogen (secondary N) is 2. The van der Waals surface area contributed by atoms with E-state index < -0.39 is 0 Å². The molecular weight excluding hydrogens is 484 g/mol. The van der Waals surface area contributed by atoms with Crippen molar-refractivity contribution in [1.29, 1.82) is 0 Å². The first kappa shape index (κ1) is 28.7. The Balaban J connectivity index is 0.00000176. The van der Waals surface area contributed by atoms with Gasteiger partial charge in [-0.25, -0.2) is 0 Å². The molecule has 3 fully saturated rings. The molecule has 2 bridgehead atoms. The lowest BCUT2D eigenvalue weighted by atomic mass is 9.91. The lowest BCUT2D eigenvalue weighted by Gasteiger charge is -2.49. The topological polar surface area (TPSA) is 47.6 Å². The first-order valence-electron chi connectivity index (χ1n) is 13.5. The number of benzene rings is 2. The average molecular weight is 529 g/mol. The highest BCUT2D eigenvalue weighted by atomic mass is 32.2. The molecule has 2 unspecified atom stereocenters. The van der Waals surface area contributed by atoms with Gasteiger partial charge in [0.25, 0.3) is 5.91 Å². The number of unbranched alkanes of at least 4 members (excludes halogenated alkanes) is 4. The summed E-state index contributed by atoms with van der Waals surface area (Å²) in [6.45, 7) is 8.32. The van der Waals surface area contributed by atoms with Crippen LogP contribution in [0, 0.1) is 0 Å². The number of rotatable bonds is 12. The summed E-state index contributed by atoms with van der Waals surface area (Å²) in [4.78, 5) is 16.9. The molecule has 3 heterocycles. The normalized spacial score (nSPS) is 18.1. The summed E-state index contributed by atoms with van der Waals surface area (Å²) < 4.78 is 2.07. The number of carbonyl (C=O) groups excluding carboxylic acids is 1. The summed E-state index contributed by atoms with van der Waals surface area (Å²) in [5.41, 5.74) is 3.68. The fraction of sp³-hybridized carbons (Fsp3) is 0.552. The second-order valence-corrected chi connectivity index (χ2v) is 11.4. The van der Waals surface area contributed by atoms with Gasteiger partial charge < -0.3 is 19.8 Å². The summed E-state index contributed by atoms with van der Waals surface area (Å²) in [6.07, 6.45) is 9.87. The molecule has 5 rings (SSSR count). The van der Waals surface area contributed by atoms with Crippen LogP contribution < -0.4 is 19.8 Å². The monoisotopic (exact) mass is 528 g/mol. The highest BCUT2D eigenvalue weighted by molar-refractivity contribution is 8.00. The molecule has 2 aromatic carbocycles. The summed E-state index contributed by atoms with van der Waals surface area (Å²) in [6, 6.07) is 15.7. The Kier molecular flexibility index (Phi) is 11.8. The molecular formula is C29H44N4OS2. The minimum atomic E-state index is -0.0677. The van der Waals surface area contributed by atoms with Crippen LogP contribution in [0.1, 0.15) is 69.7 Å². The largest absolute Gasteiger partial charge is 0.368 e. The van der Waals surface area contributed by atoms with Crippen molar-refractivity contribution in [1.82, 2.24) is 5.32 Å². The van der Waals surface area contributed by atoms with Gasteiger partial charge in [-0.15, -0.1) is 11.8 Å². The maximum atomic E-state index is 13.2. The van der Waals surface area contributed by atoms with Crippen LogP contribution >= 0.6 is 23.7 Å². The Morgan fingerprint density at radius 1 is 1.06 bits per heavy atom. The number of anilines is 3. The molecule has 5 nitrogen and oxygen atoms in total. The van der Waals surface area contributed by atoms with Crippen molar-refractivity contribution < 1.29 is 4.79 Å². The van der Waals surface area contributed by atoms with Gasteiger partial charge in [-0.3, -0.25) is 4.79 Å². The van der Waals surface area contributed by atoms with Crippen LogP contribution in [0.4, 0.5) is 17.1 Å². The maximum absolute atomic E-state index is 13.2. The molecule has 7 heteroatoms. The number of carbonyl (C=O) groups is 1. The van der Waals surface area contributed by atoms with E-state index in [0.29, 0.717) is 17.6 Å². The number of hydrogen-bond acceptors (Lipinski definition) is 6. The molecule has 0 radical (unpaired) electrons. The zero-order valence-corrected chi connectivity index (χ0v) is 24.3. The molecule has 3 aliphatic heterocycles. The second-order valence-electron chi connectivity index (χ2n) is 9.32. The van der Waals surface area contributed by atoms with Crippen molar-refractivity contribution in [2.45, 2.75) is 76.3 Å². The zero-order chi connectivity index (χ0) is 25.9. The van der Waals surface area contributed by atoms with E-state index in [1.54, 1.807) is 11.9 Å². The third-order valence-electron chi connectivity index (χ3n) is 6.75. The minimum absolute atomic E-state index is 0.0677. The van der Waals surface area contributed by atoms with Gasteiger partial charge in [0.15, 0.2) is 0 Å². The molecule has 2 atom stereocenters. The number of amides is 1. The number of piperidine rings is 1. The minimum Gasteiger partial charge on any atom is -0.368 e. The van der Waals surface area contributed by atoms with Crippen molar-refractivity contribution in [3.8, 4) is 0 Å². The van der Waals surface area contributed by atoms with E-state index in [4.69, 9.17) is 0 Å². The summed E-state index contributed by atoms with van der Waals surface area (Å²) in [7, 11) is 2.02. The number of piperazine rings is 1. The molecule has 2 aromatic rings. The molecule has 36 heavy (non-hydrogen) atoms. The lowest BCUT2D eigenvalue weighted by Crippen LogP contribution is -2.67. The SMILES string of the molecule is CC.CCCCCCCSc1ccc(NC(=O)c2ccc(N3CC4CC(C3)N4)cc2N(C)SC)cc1. The van der Waals surface area contributed by atoms with Gasteiger partial charge in [0, 0.05) is 54.7 Å². The first-order valence-corrected chi connectivity index (χ1v) is 15.7. The zero-order valence-electron chi connectivity index (χ0n) is 22.7. The Morgan fingerprint density at radius 3 is 2.36 bits per heavy atom. The van der Waals surface area contributed by atoms with Crippen molar-refractivity contribution in [3.63, 3.8) is 0 Å². The lowest BCUT2D eigenvalue weighted by molar-refractivity contribution is 0.102. The Morgan fingerprint density at radius 2 is 1.72 bits per heavy atom. The average Bonchev–Trinajstić information content (AvgIpc) is 2.91. The van der Waals surface area contributed by atoms with Gasteiger partial charge in [0.1, 0.15) is 0 Å². The van der Waals surface area contributed by atoms with Crippen molar-refractivity contribution >= 4 is 46.7 Å². The van der Waals surface area contributed by atoms with E-state index in [1.807, 2.05) is 57.1 Å². The quantitative estimate of drug-likeness (QED) is 0.171. The standard InChI is InChI=1S/C27H38N4OS2.C2H6/c1-4-5-6-7-8-15-34-24-12-9-20(10-13-24)29-27(32)25-14-11-23(17-26(25)30(2)33-3)31-18-21-16-22(19-31)28-21;1-2/h9-14,17,21-22,28H,4-8,15-16,18-19H2,1-3H3,(H,29,32);1-2H3. The number of nitrogens with zero attached hydrogens (tertiary/aromatic N) is 2. The highest BCUT2D eigenvalue weighted by Crippen LogP contribution is 2.33. The first-order chi connectivity index (χ1) is 17.6. The van der Waals surface area contributed by atoms with Crippen LogP contribution in [-0.4, -0.2) is 50.1 Å². The third kappa shape index (κ3) is 7.83. The Labute approximate surface area is 227 Å². The Bertz CT molecular complexity index is 937. The van der Waals surface area contributed by atoms with Gasteiger partial charge >= 0.3 is 0 Å². The molecule has 198 valence electrons. The van der Waals surface area contributed by atoms with E-state index in [0.717, 1.165) is 30.2 Å². The van der Waals surface area contributed by atoms with Gasteiger partial charge in [-0.1, -0.05) is 58.4 Å². The van der Waals surface area contributed by atoms with Crippen LogP contribution in [0.3, 0.4) is 0 Å². The number of thioether (sulfide) groups is 1. The van der Waals surface area contributed by atoms with Gasteiger partial charge in [-0.05, 0) is 61.1 Å². The maximum Gasteiger partial charge on any atom is 0.257 e. The highest BCUT2D eigenvalue weighted by Gasteiger charge is 2.36. The number of fused-ring (bicyclic) bond motifs is 2. The van der Waals surface area contributed by atoms with Crippen molar-refractivity contribution in [2.75, 3.05) is 46.7 Å². The van der Waals surface area contributed by atoms with Crippen LogP contribution in [-0.2, 0) is 0 Å². The molecule has 0 aromatic heterocycles. The van der Waals surface area contributed by atoms with Crippen LogP contribution in [0.2, 0.25) is 0 Å². The van der Waals surface area contributed by atoms with E-state index in [9.17, 15) is 4.79 Å². The summed E-state index contributed by atoms with van der Waals surface area (Å²) in [5.74, 6) is 1.09. The predicted molar refractivity (Wildman–Crippen MR) is 161 cm³/mol. The molecule has 3 aliphatic rings. The van der Waals surface area contributed by atoms with E-state index in [-0.39, 0.29) is 5.91 Å². The van der Waals surface area contributed by atoms with Gasteiger partial charge in [-0.2, -0.15) is 0 Å². The summed E-state index contributed by atoms with van der Waals surface area (Å²) in [5, 5.41) is 6.69. The Hall–Kier alpha value is -1.83. The van der Waals surface area contributed by atoms with Crippen LogP contribution in [0.5, 0.6) is 0 Å². The summed E-state index contributed by atoms with van der Waals surface area (Å²) >= 11 is 3.51. The fourth-order valence-corrected chi connectivity index (χ4v) is 5.98. The van der Waals surface area contributed by atoms with Crippen molar-refractivity contribution in [2.24, 2.45) is 0 Å². The smallest absolute Gasteiger partial charge is 0.257 e. The molecule has 1 amide bonds. The van der Waals surface area contributed by atoms with E-state index in [2.05, 4.69) is 51.0 Å². The molecule has 0 spiro atoms. The van der Waals surface area contributed by atoms with Gasteiger partial charge in [0.05, 0.1) is 11.3 Å². The van der Waals surface area contributed by atoms with Crippen LogP contribution in [0.25, 0.3) is 0 Å². The predicted octanol–water partition coefficient (Wildman–Crippen LogP) is 7.29. The van der Waals surface area contributed by atoms with E-state index in [1.165, 1.54) is 49.1 Å². The van der Waals surface area contributed by atoms with Crippen molar-refractivity contribution in [3.05, 3.63) is 48.0 Å². The van der Waals surface area contributed by atoms with E-state index >= 15 is 0 Å². The molecule has 0 saturated carbocycles. The molecule has 2 N–H and O–H groups in total. The third-order valence-corrected chi connectivity index (χ3v) is 8.60. The number of hydrogen-bond donors (Lipinski definition) is 2. The van der Waals surface area contributed by atoms with Gasteiger partial charge in [0.2, 0.25) is 0 Å². The fourth-order valence-electron chi connectivity index (χ4n) is 4.72. The second kappa shape index (κ2) is 14.8. The molecule has 3 saturated heterocycles. The van der Waals surface area contributed by atoms with Crippen LogP contribution in [0.15, 0.2) is 47.4 Å².